The summed E-state index contributed by atoms with van der Waals surface area (Å²) in [5.74, 6) is 0. The quantitative estimate of drug-likeness (QED) is 0.815. The number of hydrogen-bond acceptors (Lipinski definition) is 2. The number of hydrogen-bond donors (Lipinski definition) is 0. The van der Waals surface area contributed by atoms with Gasteiger partial charge in [-0.25, -0.2) is 0 Å². The van der Waals surface area contributed by atoms with Gasteiger partial charge in [0.1, 0.15) is 0 Å². The van der Waals surface area contributed by atoms with Gasteiger partial charge in [-0.05, 0) is 34.1 Å². The Morgan fingerprint density at radius 2 is 1.79 bits per heavy atom. The Morgan fingerprint density at radius 1 is 1.00 bits per heavy atom. The largest absolute Gasteiger partial charge is 0.262 e. The number of aromatic nitrogens is 1. The molecular weight excluding hydrogens is 258 g/mol. The van der Waals surface area contributed by atoms with Gasteiger partial charge in [0.25, 0.3) is 0 Å². The van der Waals surface area contributed by atoms with Crippen LogP contribution in [0.2, 0.25) is 0 Å². The summed E-state index contributed by atoms with van der Waals surface area (Å²) in [4.78, 5) is 6.49. The highest BCUT2D eigenvalue weighted by molar-refractivity contribution is 9.10. The van der Waals surface area contributed by atoms with Gasteiger partial charge in [0.2, 0.25) is 0 Å². The zero-order chi connectivity index (χ0) is 9.80. The summed E-state index contributed by atoms with van der Waals surface area (Å²) in [6.07, 6.45) is 3.65. The second kappa shape index (κ2) is 4.62. The molecule has 0 aliphatic rings. The van der Waals surface area contributed by atoms with E-state index in [1.165, 1.54) is 4.90 Å². The minimum atomic E-state index is 1.01. The van der Waals surface area contributed by atoms with Crippen molar-refractivity contribution in [1.82, 2.24) is 4.98 Å². The molecule has 0 radical (unpaired) electrons. The van der Waals surface area contributed by atoms with Crippen LogP contribution in [-0.4, -0.2) is 4.98 Å². The summed E-state index contributed by atoms with van der Waals surface area (Å²) < 4.78 is 1.01. The fourth-order valence-corrected chi connectivity index (χ4v) is 2.45. The van der Waals surface area contributed by atoms with Crippen molar-refractivity contribution >= 4 is 27.7 Å². The third-order valence-corrected chi connectivity index (χ3v) is 3.06. The Morgan fingerprint density at radius 3 is 2.50 bits per heavy atom. The molecule has 0 unspecified atom stereocenters. The van der Waals surface area contributed by atoms with Crippen LogP contribution in [0.3, 0.4) is 0 Å². The maximum Gasteiger partial charge on any atom is 0.0411 e. The monoisotopic (exact) mass is 265 g/mol. The fourth-order valence-electron chi connectivity index (χ4n) is 1.07. The molecule has 70 valence electrons. The van der Waals surface area contributed by atoms with Crippen molar-refractivity contribution in [2.24, 2.45) is 0 Å². The van der Waals surface area contributed by atoms with E-state index in [-0.39, 0.29) is 0 Å². The van der Waals surface area contributed by atoms with Gasteiger partial charge < -0.3 is 0 Å². The highest BCUT2D eigenvalue weighted by atomic mass is 79.9. The fraction of sp³-hybridized carbons (Fsp3) is 0. The van der Waals surface area contributed by atoms with E-state index in [0.717, 1.165) is 9.37 Å². The first-order valence-corrected chi connectivity index (χ1v) is 5.79. The van der Waals surface area contributed by atoms with Crippen molar-refractivity contribution in [1.29, 1.82) is 0 Å². The van der Waals surface area contributed by atoms with E-state index < -0.39 is 0 Å². The van der Waals surface area contributed by atoms with Gasteiger partial charge in [-0.15, -0.1) is 0 Å². The molecule has 2 aromatic rings. The van der Waals surface area contributed by atoms with Gasteiger partial charge in [0, 0.05) is 26.7 Å². The zero-order valence-electron chi connectivity index (χ0n) is 7.35. The maximum absolute atomic E-state index is 4.11. The van der Waals surface area contributed by atoms with Gasteiger partial charge in [0.05, 0.1) is 0 Å². The van der Waals surface area contributed by atoms with Crippen LogP contribution in [0, 0.1) is 0 Å². The molecule has 1 aromatic carbocycles. The smallest absolute Gasteiger partial charge is 0.0411 e. The summed E-state index contributed by atoms with van der Waals surface area (Å²) in [5.41, 5.74) is 0. The first-order chi connectivity index (χ1) is 6.84. The summed E-state index contributed by atoms with van der Waals surface area (Å²) in [6, 6.07) is 12.3. The molecule has 0 atom stereocenters. The van der Waals surface area contributed by atoms with Crippen LogP contribution in [0.1, 0.15) is 0 Å². The van der Waals surface area contributed by atoms with E-state index in [9.17, 15) is 0 Å². The van der Waals surface area contributed by atoms with Crippen LogP contribution < -0.4 is 0 Å². The molecule has 3 heteroatoms. The molecule has 0 aliphatic heterocycles. The molecule has 0 N–H and O–H groups in total. The normalized spacial score (nSPS) is 10.1. The van der Waals surface area contributed by atoms with Crippen LogP contribution in [0.25, 0.3) is 0 Å². The molecule has 1 nitrogen and oxygen atoms in total. The minimum absolute atomic E-state index is 1.01. The summed E-state index contributed by atoms with van der Waals surface area (Å²) >= 11 is 5.11. The molecule has 0 bridgehead atoms. The van der Waals surface area contributed by atoms with E-state index >= 15 is 0 Å². The van der Waals surface area contributed by atoms with Crippen molar-refractivity contribution in [3.8, 4) is 0 Å². The van der Waals surface area contributed by atoms with Gasteiger partial charge in [0.15, 0.2) is 0 Å². The Kier molecular flexibility index (Phi) is 3.22. The van der Waals surface area contributed by atoms with E-state index in [0.29, 0.717) is 0 Å². The van der Waals surface area contributed by atoms with E-state index in [4.69, 9.17) is 0 Å². The first-order valence-electron chi connectivity index (χ1n) is 4.18. The molecule has 0 spiro atoms. The SMILES string of the molecule is Brc1cncc(Sc2ccccc2)c1. The van der Waals surface area contributed by atoms with Crippen molar-refractivity contribution in [3.05, 3.63) is 53.3 Å². The molecule has 0 saturated heterocycles. The average Bonchev–Trinajstić information content (AvgIpc) is 2.19. The van der Waals surface area contributed by atoms with Crippen LogP contribution >= 0.6 is 27.7 Å². The molecule has 0 amide bonds. The number of halogens is 1. The number of nitrogens with zero attached hydrogens (tertiary/aromatic N) is 1. The van der Waals surface area contributed by atoms with E-state index in [1.54, 1.807) is 18.0 Å². The molecule has 1 heterocycles. The minimum Gasteiger partial charge on any atom is -0.262 e. The second-order valence-electron chi connectivity index (χ2n) is 2.75. The molecule has 1 aromatic heterocycles. The molecule has 14 heavy (non-hydrogen) atoms. The zero-order valence-corrected chi connectivity index (χ0v) is 9.75. The van der Waals surface area contributed by atoms with E-state index in [2.05, 4.69) is 39.1 Å². The van der Waals surface area contributed by atoms with Gasteiger partial charge >= 0.3 is 0 Å². The van der Waals surface area contributed by atoms with Crippen LogP contribution in [-0.2, 0) is 0 Å². The highest BCUT2D eigenvalue weighted by Gasteiger charge is 1.97. The second-order valence-corrected chi connectivity index (χ2v) is 4.82. The Balaban J connectivity index is 2.19. The van der Waals surface area contributed by atoms with Gasteiger partial charge in [-0.3, -0.25) is 4.98 Å². The summed E-state index contributed by atoms with van der Waals surface area (Å²) in [7, 11) is 0. The topological polar surface area (TPSA) is 12.9 Å². The molecular formula is C11H8BrNS. The average molecular weight is 266 g/mol. The Hall–Kier alpha value is -0.800. The van der Waals surface area contributed by atoms with Crippen LogP contribution in [0.4, 0.5) is 0 Å². The molecule has 0 saturated carbocycles. The van der Waals surface area contributed by atoms with Crippen molar-refractivity contribution < 1.29 is 0 Å². The lowest BCUT2D eigenvalue weighted by molar-refractivity contribution is 1.22. The summed E-state index contributed by atoms with van der Waals surface area (Å²) in [6.45, 7) is 0. The maximum atomic E-state index is 4.11. The van der Waals surface area contributed by atoms with Crippen LogP contribution in [0.15, 0.2) is 63.1 Å². The van der Waals surface area contributed by atoms with Gasteiger partial charge in [-0.2, -0.15) is 0 Å². The summed E-state index contributed by atoms with van der Waals surface area (Å²) in [5, 5.41) is 0. The molecule has 0 fully saturated rings. The Labute approximate surface area is 95.7 Å². The first kappa shape index (κ1) is 9.74. The predicted molar refractivity (Wildman–Crippen MR) is 62.5 cm³/mol. The van der Waals surface area contributed by atoms with Crippen LogP contribution in [0.5, 0.6) is 0 Å². The Bertz CT molecular complexity index is 417. The molecule has 0 aliphatic carbocycles. The van der Waals surface area contributed by atoms with E-state index in [1.807, 2.05) is 24.4 Å². The van der Waals surface area contributed by atoms with Crippen molar-refractivity contribution in [2.45, 2.75) is 9.79 Å². The lowest BCUT2D eigenvalue weighted by Crippen LogP contribution is -1.76. The lowest BCUT2D eigenvalue weighted by atomic mass is 10.4. The number of pyridine rings is 1. The number of rotatable bonds is 2. The third kappa shape index (κ3) is 2.59. The highest BCUT2D eigenvalue weighted by Crippen LogP contribution is 2.28. The molecule has 2 rings (SSSR count). The van der Waals surface area contributed by atoms with Crippen molar-refractivity contribution in [3.63, 3.8) is 0 Å². The predicted octanol–water partition coefficient (Wildman–Crippen LogP) is 4.00. The lowest BCUT2D eigenvalue weighted by Gasteiger charge is -2.00. The third-order valence-electron chi connectivity index (χ3n) is 1.66. The standard InChI is InChI=1S/C11H8BrNS/c12-9-6-11(8-13-7-9)14-10-4-2-1-3-5-10/h1-8H. The number of benzene rings is 1. The van der Waals surface area contributed by atoms with Crippen molar-refractivity contribution in [2.75, 3.05) is 0 Å². The van der Waals surface area contributed by atoms with Gasteiger partial charge in [-0.1, -0.05) is 30.0 Å².